The molecule has 2 aliphatic rings. The molecule has 5 nitrogen and oxygen atoms in total. The zero-order valence-electron chi connectivity index (χ0n) is 10.2. The minimum Gasteiger partial charge on any atom is -0.336 e. The number of rotatable bonds is 1. The SMILES string of the molecule is C[C@H]1CNCCN1C(=O)C1CCCCS1(=O)=O. The van der Waals surface area contributed by atoms with Gasteiger partial charge in [-0.25, -0.2) is 8.42 Å². The first kappa shape index (κ1) is 12.8. The number of nitrogens with one attached hydrogen (secondary N) is 1. The Balaban J connectivity index is 2.13. The number of carbonyl (C=O) groups excluding carboxylic acids is 1. The zero-order chi connectivity index (χ0) is 12.5. The summed E-state index contributed by atoms with van der Waals surface area (Å²) in [6, 6.07) is 0.0911. The van der Waals surface area contributed by atoms with Crippen molar-refractivity contribution < 1.29 is 13.2 Å². The lowest BCUT2D eigenvalue weighted by Gasteiger charge is -2.36. The maximum absolute atomic E-state index is 12.3. The molecule has 0 aromatic carbocycles. The van der Waals surface area contributed by atoms with Crippen LogP contribution in [0.2, 0.25) is 0 Å². The largest absolute Gasteiger partial charge is 0.336 e. The molecular weight excluding hydrogens is 240 g/mol. The molecule has 1 N–H and O–H groups in total. The lowest BCUT2D eigenvalue weighted by atomic mass is 10.1. The van der Waals surface area contributed by atoms with Crippen LogP contribution in [0.5, 0.6) is 0 Å². The topological polar surface area (TPSA) is 66.5 Å². The second-order valence-corrected chi connectivity index (χ2v) is 7.24. The summed E-state index contributed by atoms with van der Waals surface area (Å²) in [5.74, 6) is -0.0112. The fourth-order valence-corrected chi connectivity index (χ4v) is 4.44. The van der Waals surface area contributed by atoms with E-state index in [0.29, 0.717) is 19.4 Å². The summed E-state index contributed by atoms with van der Waals surface area (Å²) in [5, 5.41) is 2.42. The number of nitrogens with zero attached hydrogens (tertiary/aromatic N) is 1. The average Bonchev–Trinajstić information content (AvgIpc) is 2.28. The standard InChI is InChI=1S/C11H20N2O3S/c1-9-8-12-5-6-13(9)11(14)10-4-2-3-7-17(10,15)16/h9-10,12H,2-8H2,1H3/t9-,10?/m0/s1. The summed E-state index contributed by atoms with van der Waals surface area (Å²) >= 11 is 0. The van der Waals surface area contributed by atoms with E-state index in [1.807, 2.05) is 6.92 Å². The van der Waals surface area contributed by atoms with Crippen LogP contribution >= 0.6 is 0 Å². The fraction of sp³-hybridized carbons (Fsp3) is 0.909. The van der Waals surface area contributed by atoms with E-state index < -0.39 is 15.1 Å². The number of sulfone groups is 1. The zero-order valence-corrected chi connectivity index (χ0v) is 11.0. The van der Waals surface area contributed by atoms with Gasteiger partial charge in [0.05, 0.1) is 5.75 Å². The highest BCUT2D eigenvalue weighted by atomic mass is 32.2. The van der Waals surface area contributed by atoms with Gasteiger partial charge in [-0.15, -0.1) is 0 Å². The molecule has 0 bridgehead atoms. The van der Waals surface area contributed by atoms with E-state index in [1.165, 1.54) is 0 Å². The van der Waals surface area contributed by atoms with Crippen LogP contribution in [0, 0.1) is 0 Å². The summed E-state index contributed by atoms with van der Waals surface area (Å²) < 4.78 is 23.8. The van der Waals surface area contributed by atoms with E-state index >= 15 is 0 Å². The molecule has 2 rings (SSSR count). The fourth-order valence-electron chi connectivity index (χ4n) is 2.59. The van der Waals surface area contributed by atoms with Gasteiger partial charge in [0.2, 0.25) is 5.91 Å². The van der Waals surface area contributed by atoms with Crippen LogP contribution in [0.1, 0.15) is 26.2 Å². The lowest BCUT2D eigenvalue weighted by Crippen LogP contribution is -2.56. The van der Waals surface area contributed by atoms with E-state index in [2.05, 4.69) is 5.32 Å². The molecule has 1 amide bonds. The third-order valence-corrected chi connectivity index (χ3v) is 5.80. The molecule has 6 heteroatoms. The molecule has 2 fully saturated rings. The molecule has 2 aliphatic heterocycles. The highest BCUT2D eigenvalue weighted by Gasteiger charge is 2.39. The minimum atomic E-state index is -3.21. The van der Waals surface area contributed by atoms with Gasteiger partial charge in [0.25, 0.3) is 0 Å². The summed E-state index contributed by atoms with van der Waals surface area (Å²) in [4.78, 5) is 14.0. The van der Waals surface area contributed by atoms with E-state index in [1.54, 1.807) is 4.90 Å². The van der Waals surface area contributed by atoms with Gasteiger partial charge in [0.15, 0.2) is 9.84 Å². The van der Waals surface area contributed by atoms with Crippen molar-refractivity contribution in [2.24, 2.45) is 0 Å². The van der Waals surface area contributed by atoms with Gasteiger partial charge in [-0.3, -0.25) is 4.79 Å². The summed E-state index contributed by atoms with van der Waals surface area (Å²) in [5.41, 5.74) is 0. The molecule has 2 atom stereocenters. The van der Waals surface area contributed by atoms with Crippen LogP contribution in [0.4, 0.5) is 0 Å². The van der Waals surface area contributed by atoms with Gasteiger partial charge in [-0.1, -0.05) is 6.42 Å². The third kappa shape index (κ3) is 2.63. The first-order valence-corrected chi connectivity index (χ1v) is 7.96. The summed E-state index contributed by atoms with van der Waals surface area (Å²) in [6.07, 6.45) is 2.04. The average molecular weight is 260 g/mol. The van der Waals surface area contributed by atoms with Gasteiger partial charge in [-0.2, -0.15) is 0 Å². The monoisotopic (exact) mass is 260 g/mol. The van der Waals surface area contributed by atoms with Crippen molar-refractivity contribution in [2.45, 2.75) is 37.5 Å². The minimum absolute atomic E-state index is 0.0911. The van der Waals surface area contributed by atoms with Gasteiger partial charge < -0.3 is 10.2 Å². The molecule has 0 aliphatic carbocycles. The molecule has 0 aromatic heterocycles. The van der Waals surface area contributed by atoms with Crippen LogP contribution < -0.4 is 5.32 Å². The van der Waals surface area contributed by atoms with Crippen LogP contribution in [-0.4, -0.2) is 55.9 Å². The third-order valence-electron chi connectivity index (χ3n) is 3.64. The normalized spacial score (nSPS) is 33.4. The van der Waals surface area contributed by atoms with Gasteiger partial charge in [0.1, 0.15) is 5.25 Å². The number of piperazine rings is 1. The molecular formula is C11H20N2O3S. The van der Waals surface area contributed by atoms with Crippen LogP contribution in [-0.2, 0) is 14.6 Å². The van der Waals surface area contributed by atoms with Crippen LogP contribution in [0.15, 0.2) is 0 Å². The molecule has 2 heterocycles. The first-order chi connectivity index (χ1) is 8.02. The van der Waals surface area contributed by atoms with Crippen molar-refractivity contribution in [1.29, 1.82) is 0 Å². The summed E-state index contributed by atoms with van der Waals surface area (Å²) in [7, 11) is -3.21. The second-order valence-electron chi connectivity index (χ2n) is 4.94. The van der Waals surface area contributed by atoms with Gasteiger partial charge in [0, 0.05) is 25.7 Å². The molecule has 0 radical (unpaired) electrons. The molecule has 1 unspecified atom stereocenters. The first-order valence-electron chi connectivity index (χ1n) is 6.25. The van der Waals surface area contributed by atoms with Crippen molar-refractivity contribution >= 4 is 15.7 Å². The number of hydrogen-bond acceptors (Lipinski definition) is 4. The van der Waals surface area contributed by atoms with Gasteiger partial charge in [-0.05, 0) is 19.8 Å². The Bertz CT molecular complexity index is 394. The summed E-state index contributed by atoms with van der Waals surface area (Å²) in [6.45, 7) is 4.08. The number of amides is 1. The van der Waals surface area contributed by atoms with Crippen molar-refractivity contribution in [3.05, 3.63) is 0 Å². The van der Waals surface area contributed by atoms with Crippen LogP contribution in [0.25, 0.3) is 0 Å². The predicted octanol–water partition coefficient (Wildman–Crippen LogP) is -0.226. The second kappa shape index (κ2) is 4.94. The predicted molar refractivity (Wildman–Crippen MR) is 65.5 cm³/mol. The Morgan fingerprint density at radius 3 is 2.76 bits per heavy atom. The van der Waals surface area contributed by atoms with Gasteiger partial charge >= 0.3 is 0 Å². The Morgan fingerprint density at radius 1 is 1.35 bits per heavy atom. The van der Waals surface area contributed by atoms with Crippen molar-refractivity contribution in [3.8, 4) is 0 Å². The number of hydrogen-bond donors (Lipinski definition) is 1. The van der Waals surface area contributed by atoms with Crippen molar-refractivity contribution in [1.82, 2.24) is 10.2 Å². The highest BCUT2D eigenvalue weighted by Crippen LogP contribution is 2.22. The number of carbonyl (C=O) groups is 1. The maximum Gasteiger partial charge on any atom is 0.241 e. The quantitative estimate of drug-likeness (QED) is 0.707. The lowest BCUT2D eigenvalue weighted by molar-refractivity contribution is -0.133. The Hall–Kier alpha value is -0.620. The molecule has 2 saturated heterocycles. The maximum atomic E-state index is 12.3. The highest BCUT2D eigenvalue weighted by molar-refractivity contribution is 7.92. The van der Waals surface area contributed by atoms with Crippen LogP contribution in [0.3, 0.4) is 0 Å². The van der Waals surface area contributed by atoms with E-state index in [4.69, 9.17) is 0 Å². The molecule has 0 aromatic rings. The molecule has 0 saturated carbocycles. The Labute approximate surface area is 102 Å². The van der Waals surface area contributed by atoms with Crippen molar-refractivity contribution in [2.75, 3.05) is 25.4 Å². The smallest absolute Gasteiger partial charge is 0.241 e. The van der Waals surface area contributed by atoms with E-state index in [9.17, 15) is 13.2 Å². The molecule has 98 valence electrons. The molecule has 17 heavy (non-hydrogen) atoms. The Morgan fingerprint density at radius 2 is 2.12 bits per heavy atom. The molecule has 0 spiro atoms. The van der Waals surface area contributed by atoms with E-state index in [0.717, 1.165) is 19.5 Å². The van der Waals surface area contributed by atoms with E-state index in [-0.39, 0.29) is 17.7 Å². The van der Waals surface area contributed by atoms with Crippen molar-refractivity contribution in [3.63, 3.8) is 0 Å². The Kier molecular flexibility index (Phi) is 3.73.